The third-order valence-electron chi connectivity index (χ3n) is 6.00. The maximum absolute atomic E-state index is 12.8. The molecule has 0 atom stereocenters. The number of hydrogen-bond donors (Lipinski definition) is 1. The van der Waals surface area contributed by atoms with Crippen molar-refractivity contribution in [1.82, 2.24) is 25.0 Å². The number of nitrogens with zero attached hydrogens (tertiary/aromatic N) is 4. The molecule has 1 saturated heterocycles. The van der Waals surface area contributed by atoms with Gasteiger partial charge in [0.05, 0.1) is 22.7 Å². The maximum Gasteiger partial charge on any atom is 0.230 e. The summed E-state index contributed by atoms with van der Waals surface area (Å²) in [4.78, 5) is 15.2. The Kier molecular flexibility index (Phi) is 7.51. The molecule has 4 aromatic rings. The lowest BCUT2D eigenvalue weighted by Gasteiger charge is -2.32. The zero-order valence-corrected chi connectivity index (χ0v) is 20.7. The van der Waals surface area contributed by atoms with Crippen LogP contribution in [-0.4, -0.2) is 50.5 Å². The van der Waals surface area contributed by atoms with Crippen LogP contribution in [0, 0.1) is 0 Å². The molecule has 35 heavy (non-hydrogen) atoms. The van der Waals surface area contributed by atoms with Gasteiger partial charge in [0.15, 0.2) is 10.9 Å². The predicted octanol–water partition coefficient (Wildman–Crippen LogP) is 5.05. The summed E-state index contributed by atoms with van der Waals surface area (Å²) in [7, 11) is 0. The smallest absolute Gasteiger partial charge is 0.230 e. The van der Waals surface area contributed by atoms with Crippen molar-refractivity contribution in [3.05, 3.63) is 83.6 Å². The summed E-state index contributed by atoms with van der Waals surface area (Å²) in [5, 5.41) is 13.0. The highest BCUT2D eigenvalue weighted by Gasteiger charge is 2.23. The Morgan fingerprint density at radius 3 is 2.54 bits per heavy atom. The second-order valence-corrected chi connectivity index (χ2v) is 9.81. The molecule has 1 aliphatic heterocycles. The zero-order chi connectivity index (χ0) is 24.0. The van der Waals surface area contributed by atoms with Gasteiger partial charge in [0.1, 0.15) is 0 Å². The summed E-state index contributed by atoms with van der Waals surface area (Å²) in [5.74, 6) is 1.35. The van der Waals surface area contributed by atoms with Crippen molar-refractivity contribution in [2.45, 2.75) is 30.6 Å². The van der Waals surface area contributed by atoms with Gasteiger partial charge in [-0.25, -0.2) is 0 Å². The Morgan fingerprint density at radius 1 is 1.03 bits per heavy atom. The van der Waals surface area contributed by atoms with Crippen LogP contribution in [0.15, 0.2) is 82.6 Å². The van der Waals surface area contributed by atoms with E-state index in [4.69, 9.17) is 16.0 Å². The van der Waals surface area contributed by atoms with Gasteiger partial charge in [0, 0.05) is 25.7 Å². The molecule has 7 nitrogen and oxygen atoms in total. The zero-order valence-electron chi connectivity index (χ0n) is 19.1. The standard InChI is InChI=1S/C26H26ClN5O2S/c27-21-9-4-5-10-22(21)32-25(23-11-6-16-34-23)29-30-26(32)35-18-24(33)28-20-12-14-31(15-13-20)17-19-7-2-1-3-8-19/h1-11,16,20H,12-15,17-18H2,(H,28,33). The van der Waals surface area contributed by atoms with E-state index in [9.17, 15) is 4.79 Å². The lowest BCUT2D eigenvalue weighted by molar-refractivity contribution is -0.119. The molecule has 9 heteroatoms. The van der Waals surface area contributed by atoms with E-state index >= 15 is 0 Å². The molecule has 5 rings (SSSR count). The second kappa shape index (κ2) is 11.1. The fourth-order valence-electron chi connectivity index (χ4n) is 4.26. The fraction of sp³-hybridized carbons (Fsp3) is 0.269. The van der Waals surface area contributed by atoms with E-state index in [2.05, 4.69) is 44.7 Å². The Hall–Kier alpha value is -3.07. The molecule has 2 aromatic heterocycles. The molecule has 1 aliphatic rings. The number of hydrogen-bond acceptors (Lipinski definition) is 6. The number of nitrogens with one attached hydrogen (secondary N) is 1. The minimum atomic E-state index is -0.00948. The summed E-state index contributed by atoms with van der Waals surface area (Å²) in [6, 6.07) is 21.8. The van der Waals surface area contributed by atoms with Crippen LogP contribution in [0.25, 0.3) is 17.3 Å². The number of furan rings is 1. The summed E-state index contributed by atoms with van der Waals surface area (Å²) >= 11 is 7.81. The topological polar surface area (TPSA) is 76.2 Å². The maximum atomic E-state index is 12.8. The van der Waals surface area contributed by atoms with Crippen molar-refractivity contribution >= 4 is 29.3 Å². The van der Waals surface area contributed by atoms with Crippen molar-refractivity contribution in [2.24, 2.45) is 0 Å². The number of rotatable bonds is 8. The fourth-order valence-corrected chi connectivity index (χ4v) is 5.23. The van der Waals surface area contributed by atoms with Crippen molar-refractivity contribution in [2.75, 3.05) is 18.8 Å². The molecular weight excluding hydrogens is 482 g/mol. The van der Waals surface area contributed by atoms with Crippen LogP contribution in [-0.2, 0) is 11.3 Å². The molecule has 1 amide bonds. The average Bonchev–Trinajstić information content (AvgIpc) is 3.55. The van der Waals surface area contributed by atoms with Crippen LogP contribution >= 0.6 is 23.4 Å². The summed E-state index contributed by atoms with van der Waals surface area (Å²) < 4.78 is 7.38. The Labute approximate surface area is 213 Å². The van der Waals surface area contributed by atoms with Gasteiger partial charge >= 0.3 is 0 Å². The average molecular weight is 508 g/mol. The Bertz CT molecular complexity index is 1250. The molecule has 1 N–H and O–H groups in total. The third kappa shape index (κ3) is 5.78. The number of para-hydroxylation sites is 1. The van der Waals surface area contributed by atoms with E-state index in [0.717, 1.165) is 38.2 Å². The lowest BCUT2D eigenvalue weighted by Crippen LogP contribution is -2.44. The van der Waals surface area contributed by atoms with Crippen molar-refractivity contribution in [3.63, 3.8) is 0 Å². The van der Waals surface area contributed by atoms with E-state index in [0.29, 0.717) is 21.8 Å². The molecule has 0 radical (unpaired) electrons. The largest absolute Gasteiger partial charge is 0.461 e. The van der Waals surface area contributed by atoms with Gasteiger partial charge in [-0.05, 0) is 42.7 Å². The van der Waals surface area contributed by atoms with Gasteiger partial charge < -0.3 is 9.73 Å². The van der Waals surface area contributed by atoms with Gasteiger partial charge in [-0.2, -0.15) is 0 Å². The molecule has 3 heterocycles. The number of carbonyl (C=O) groups is 1. The number of piperidine rings is 1. The lowest BCUT2D eigenvalue weighted by atomic mass is 10.0. The van der Waals surface area contributed by atoms with Crippen molar-refractivity contribution in [3.8, 4) is 17.3 Å². The van der Waals surface area contributed by atoms with Crippen molar-refractivity contribution in [1.29, 1.82) is 0 Å². The van der Waals surface area contributed by atoms with Crippen LogP contribution in [0.2, 0.25) is 5.02 Å². The summed E-state index contributed by atoms with van der Waals surface area (Å²) in [6.07, 6.45) is 3.48. The first-order chi connectivity index (χ1) is 17.2. The summed E-state index contributed by atoms with van der Waals surface area (Å²) in [5.41, 5.74) is 2.06. The quantitative estimate of drug-likeness (QED) is 0.336. The highest BCUT2D eigenvalue weighted by molar-refractivity contribution is 7.99. The molecular formula is C26H26ClN5O2S. The highest BCUT2D eigenvalue weighted by atomic mass is 35.5. The third-order valence-corrected chi connectivity index (χ3v) is 7.25. The molecule has 0 spiro atoms. The van der Waals surface area contributed by atoms with Crippen LogP contribution in [0.4, 0.5) is 0 Å². The minimum Gasteiger partial charge on any atom is -0.461 e. The molecule has 0 unspecified atom stereocenters. The molecule has 1 fully saturated rings. The van der Waals surface area contributed by atoms with Gasteiger partial charge in [0.2, 0.25) is 11.7 Å². The van der Waals surface area contributed by atoms with E-state index in [-0.39, 0.29) is 17.7 Å². The first-order valence-corrected chi connectivity index (χ1v) is 13.0. The Morgan fingerprint density at radius 2 is 1.80 bits per heavy atom. The predicted molar refractivity (Wildman–Crippen MR) is 138 cm³/mol. The van der Waals surface area contributed by atoms with Crippen molar-refractivity contribution < 1.29 is 9.21 Å². The van der Waals surface area contributed by atoms with Crippen LogP contribution in [0.1, 0.15) is 18.4 Å². The number of carbonyl (C=O) groups excluding carboxylic acids is 1. The van der Waals surface area contributed by atoms with Gasteiger partial charge in [-0.15, -0.1) is 10.2 Å². The Balaban J connectivity index is 1.19. The monoisotopic (exact) mass is 507 g/mol. The van der Waals surface area contributed by atoms with E-state index < -0.39 is 0 Å². The van der Waals surface area contributed by atoms with Crippen LogP contribution < -0.4 is 5.32 Å². The van der Waals surface area contributed by atoms with Gasteiger partial charge in [-0.1, -0.05) is 65.8 Å². The van der Waals surface area contributed by atoms with Gasteiger partial charge in [0.25, 0.3) is 0 Å². The summed E-state index contributed by atoms with van der Waals surface area (Å²) in [6.45, 7) is 2.90. The van der Waals surface area contributed by atoms with Gasteiger partial charge in [-0.3, -0.25) is 14.3 Å². The van der Waals surface area contributed by atoms with Crippen LogP contribution in [0.3, 0.4) is 0 Å². The number of thioether (sulfide) groups is 1. The number of halogens is 1. The first kappa shape index (κ1) is 23.7. The van der Waals surface area contributed by atoms with E-state index in [1.165, 1.54) is 17.3 Å². The number of amides is 1. The minimum absolute atomic E-state index is 0.00948. The van der Waals surface area contributed by atoms with E-state index in [1.54, 1.807) is 12.3 Å². The molecule has 2 aromatic carbocycles. The SMILES string of the molecule is O=C(CSc1nnc(-c2ccco2)n1-c1ccccc1Cl)NC1CCN(Cc2ccccc2)CC1. The van der Waals surface area contributed by atoms with E-state index in [1.807, 2.05) is 41.0 Å². The van der Waals surface area contributed by atoms with Crippen LogP contribution in [0.5, 0.6) is 0 Å². The normalized spacial score (nSPS) is 14.8. The molecule has 0 bridgehead atoms. The first-order valence-electron chi connectivity index (χ1n) is 11.6. The highest BCUT2D eigenvalue weighted by Crippen LogP contribution is 2.31. The molecule has 180 valence electrons. The second-order valence-electron chi connectivity index (χ2n) is 8.46. The number of benzene rings is 2. The number of aromatic nitrogens is 3. The molecule has 0 saturated carbocycles. The number of likely N-dealkylation sites (tertiary alicyclic amines) is 1. The molecule has 0 aliphatic carbocycles.